The molecule has 21 heavy (non-hydrogen) atoms. The second kappa shape index (κ2) is 8.14. The quantitative estimate of drug-likeness (QED) is 0.736. The van der Waals surface area contributed by atoms with E-state index in [9.17, 15) is 0 Å². The van der Waals surface area contributed by atoms with Crippen molar-refractivity contribution < 1.29 is 9.26 Å². The summed E-state index contributed by atoms with van der Waals surface area (Å²) >= 11 is 3.53. The van der Waals surface area contributed by atoms with E-state index in [1.54, 1.807) is 0 Å². The van der Waals surface area contributed by atoms with Crippen LogP contribution in [0.15, 0.2) is 27.2 Å². The predicted molar refractivity (Wildman–Crippen MR) is 84.1 cm³/mol. The first-order valence-corrected chi connectivity index (χ1v) is 7.96. The van der Waals surface area contributed by atoms with Gasteiger partial charge in [0.25, 0.3) is 5.89 Å². The summed E-state index contributed by atoms with van der Waals surface area (Å²) in [7, 11) is 0. The number of para-hydroxylation sites is 1. The highest BCUT2D eigenvalue weighted by Crippen LogP contribution is 2.29. The molecular weight excluding hydrogens is 334 g/mol. The lowest BCUT2D eigenvalue weighted by atomic mass is 10.2. The van der Waals surface area contributed by atoms with Crippen LogP contribution in [0.1, 0.15) is 37.5 Å². The van der Waals surface area contributed by atoms with Crippen molar-refractivity contribution in [2.24, 2.45) is 0 Å². The van der Waals surface area contributed by atoms with Gasteiger partial charge >= 0.3 is 0 Å². The Bertz CT molecular complexity index is 572. The van der Waals surface area contributed by atoms with Crippen LogP contribution in [0.4, 0.5) is 0 Å². The fourth-order valence-electron chi connectivity index (χ4n) is 1.88. The molecule has 0 unspecified atom stereocenters. The normalized spacial score (nSPS) is 10.8. The summed E-state index contributed by atoms with van der Waals surface area (Å²) in [6.07, 6.45) is 1.86. The number of halogens is 1. The van der Waals surface area contributed by atoms with Gasteiger partial charge in [-0.1, -0.05) is 31.1 Å². The van der Waals surface area contributed by atoms with Gasteiger partial charge in [-0.3, -0.25) is 0 Å². The lowest BCUT2D eigenvalue weighted by Crippen LogP contribution is -2.14. The molecule has 0 bridgehead atoms. The number of hydrogen-bond donors (Lipinski definition) is 1. The molecular formula is C15H20BrN3O2. The molecule has 5 nitrogen and oxygen atoms in total. The zero-order valence-electron chi connectivity index (χ0n) is 12.4. The molecule has 1 aromatic carbocycles. The lowest BCUT2D eigenvalue weighted by Gasteiger charge is -2.12. The zero-order valence-corrected chi connectivity index (χ0v) is 13.9. The molecule has 0 fully saturated rings. The van der Waals surface area contributed by atoms with Crippen molar-refractivity contribution in [3.05, 3.63) is 40.0 Å². The number of nitrogens with one attached hydrogen (secondary N) is 1. The largest absolute Gasteiger partial charge is 0.482 e. The van der Waals surface area contributed by atoms with Crippen LogP contribution in [0.25, 0.3) is 0 Å². The van der Waals surface area contributed by atoms with Crippen molar-refractivity contribution in [2.45, 2.75) is 39.8 Å². The highest BCUT2D eigenvalue weighted by atomic mass is 79.9. The number of aryl methyl sites for hydroxylation is 1. The average Bonchev–Trinajstić information content (AvgIpc) is 2.95. The van der Waals surface area contributed by atoms with Crippen molar-refractivity contribution in [1.82, 2.24) is 15.5 Å². The van der Waals surface area contributed by atoms with Crippen molar-refractivity contribution >= 4 is 15.9 Å². The van der Waals surface area contributed by atoms with Crippen LogP contribution in [0.2, 0.25) is 0 Å². The van der Waals surface area contributed by atoms with E-state index in [0.717, 1.165) is 41.7 Å². The molecule has 0 atom stereocenters. The first-order chi connectivity index (χ1) is 10.2. The fraction of sp³-hybridized carbons (Fsp3) is 0.467. The highest BCUT2D eigenvalue weighted by molar-refractivity contribution is 9.10. The van der Waals surface area contributed by atoms with Crippen LogP contribution in [-0.4, -0.2) is 16.7 Å². The molecule has 2 rings (SSSR count). The minimum atomic E-state index is 0.274. The Morgan fingerprint density at radius 3 is 2.90 bits per heavy atom. The third-order valence-electron chi connectivity index (χ3n) is 2.96. The first-order valence-electron chi connectivity index (χ1n) is 7.17. The third-order valence-corrected chi connectivity index (χ3v) is 3.58. The number of rotatable bonds is 8. The maximum absolute atomic E-state index is 5.86. The number of ether oxygens (including phenoxy) is 1. The van der Waals surface area contributed by atoms with Gasteiger partial charge in [-0.25, -0.2) is 0 Å². The minimum Gasteiger partial charge on any atom is -0.482 e. The van der Waals surface area contributed by atoms with Crippen LogP contribution < -0.4 is 10.1 Å². The average molecular weight is 354 g/mol. The molecule has 114 valence electrons. The molecule has 0 amide bonds. The van der Waals surface area contributed by atoms with E-state index in [0.29, 0.717) is 11.7 Å². The molecule has 0 saturated carbocycles. The minimum absolute atomic E-state index is 0.274. The molecule has 2 aromatic rings. The number of nitrogens with zero attached hydrogens (tertiary/aromatic N) is 2. The van der Waals surface area contributed by atoms with E-state index < -0.39 is 0 Å². The Kier molecular flexibility index (Phi) is 6.20. The summed E-state index contributed by atoms with van der Waals surface area (Å²) in [5.74, 6) is 2.01. The number of hydrogen-bond acceptors (Lipinski definition) is 5. The van der Waals surface area contributed by atoms with Gasteiger partial charge in [0.1, 0.15) is 5.75 Å². The summed E-state index contributed by atoms with van der Waals surface area (Å²) in [4.78, 5) is 4.24. The summed E-state index contributed by atoms with van der Waals surface area (Å²) < 4.78 is 11.9. The van der Waals surface area contributed by atoms with Crippen LogP contribution in [0.3, 0.4) is 0 Å². The summed E-state index contributed by atoms with van der Waals surface area (Å²) in [6.45, 7) is 6.16. The van der Waals surface area contributed by atoms with Gasteiger partial charge in [0.2, 0.25) is 0 Å². The molecule has 1 aromatic heterocycles. The fourth-order valence-corrected chi connectivity index (χ4v) is 2.40. The molecule has 1 N–H and O–H groups in total. The Hall–Kier alpha value is -1.40. The second-order valence-corrected chi connectivity index (χ2v) is 5.51. The van der Waals surface area contributed by atoms with E-state index in [4.69, 9.17) is 9.26 Å². The molecule has 6 heteroatoms. The molecule has 0 saturated heterocycles. The molecule has 1 heterocycles. The standard InChI is InChI=1S/C15H20BrN3O2/c1-3-8-17-9-11-6-5-7-12(16)15(11)20-10-14-18-13(4-2)19-21-14/h5-7,17H,3-4,8-10H2,1-2H3. The maximum atomic E-state index is 5.86. The molecule has 0 radical (unpaired) electrons. The Labute approximate surface area is 133 Å². The second-order valence-electron chi connectivity index (χ2n) is 4.65. The van der Waals surface area contributed by atoms with Crippen molar-refractivity contribution in [3.63, 3.8) is 0 Å². The Balaban J connectivity index is 2.03. The summed E-state index contributed by atoms with van der Waals surface area (Å²) in [5, 5.41) is 7.24. The monoisotopic (exact) mass is 353 g/mol. The predicted octanol–water partition coefficient (Wildman–Crippen LogP) is 3.47. The van der Waals surface area contributed by atoms with E-state index in [2.05, 4.69) is 38.3 Å². The van der Waals surface area contributed by atoms with E-state index in [1.807, 2.05) is 25.1 Å². The smallest absolute Gasteiger partial charge is 0.264 e. The summed E-state index contributed by atoms with van der Waals surface area (Å²) in [5.41, 5.74) is 1.10. The zero-order chi connectivity index (χ0) is 15.1. The van der Waals surface area contributed by atoms with Crippen LogP contribution in [-0.2, 0) is 19.6 Å². The highest BCUT2D eigenvalue weighted by Gasteiger charge is 2.11. The van der Waals surface area contributed by atoms with E-state index >= 15 is 0 Å². The van der Waals surface area contributed by atoms with Crippen molar-refractivity contribution in [1.29, 1.82) is 0 Å². The molecule has 0 aliphatic heterocycles. The van der Waals surface area contributed by atoms with Gasteiger partial charge in [-0.2, -0.15) is 4.98 Å². The SMILES string of the molecule is CCCNCc1cccc(Br)c1OCc1nc(CC)no1. The first kappa shape index (κ1) is 16.0. The van der Waals surface area contributed by atoms with Crippen molar-refractivity contribution in [3.8, 4) is 5.75 Å². The molecule has 0 aliphatic carbocycles. The van der Waals surface area contributed by atoms with E-state index in [1.165, 1.54) is 0 Å². The van der Waals surface area contributed by atoms with Crippen LogP contribution in [0.5, 0.6) is 5.75 Å². The number of aromatic nitrogens is 2. The van der Waals surface area contributed by atoms with Crippen molar-refractivity contribution in [2.75, 3.05) is 6.54 Å². The third kappa shape index (κ3) is 4.54. The van der Waals surface area contributed by atoms with Gasteiger partial charge < -0.3 is 14.6 Å². The lowest BCUT2D eigenvalue weighted by molar-refractivity contribution is 0.239. The van der Waals surface area contributed by atoms with Crippen LogP contribution >= 0.6 is 15.9 Å². The van der Waals surface area contributed by atoms with Gasteiger partial charge in [-0.15, -0.1) is 0 Å². The topological polar surface area (TPSA) is 60.2 Å². The molecule has 0 aliphatic rings. The Morgan fingerprint density at radius 2 is 2.19 bits per heavy atom. The molecule has 0 spiro atoms. The van der Waals surface area contributed by atoms with Crippen LogP contribution in [0, 0.1) is 0 Å². The van der Waals surface area contributed by atoms with Gasteiger partial charge in [-0.05, 0) is 35.0 Å². The van der Waals surface area contributed by atoms with Gasteiger partial charge in [0.05, 0.1) is 4.47 Å². The van der Waals surface area contributed by atoms with Gasteiger partial charge in [0.15, 0.2) is 12.4 Å². The van der Waals surface area contributed by atoms with Gasteiger partial charge in [0, 0.05) is 18.5 Å². The number of benzene rings is 1. The van der Waals surface area contributed by atoms with E-state index in [-0.39, 0.29) is 6.61 Å². The summed E-state index contributed by atoms with van der Waals surface area (Å²) in [6, 6.07) is 6.01. The maximum Gasteiger partial charge on any atom is 0.264 e. The Morgan fingerprint density at radius 1 is 1.33 bits per heavy atom.